The number of aromatic nitrogens is 2. The van der Waals surface area contributed by atoms with Crippen LogP contribution in [-0.2, 0) is 0 Å². The van der Waals surface area contributed by atoms with E-state index in [0.717, 1.165) is 5.56 Å². The topological polar surface area (TPSA) is 56.1 Å². The molecule has 25 heavy (non-hydrogen) atoms. The summed E-state index contributed by atoms with van der Waals surface area (Å²) in [5, 5.41) is 7.10. The van der Waals surface area contributed by atoms with Crippen molar-refractivity contribution < 1.29 is 13.9 Å². The number of aryl methyl sites for hydroxylation is 1. The molecule has 5 nitrogen and oxygen atoms in total. The fraction of sp³-hybridized carbons (Fsp3) is 0.158. The maximum Gasteiger partial charge on any atom is 0.259 e. The first-order valence-electron chi connectivity index (χ1n) is 7.76. The Morgan fingerprint density at radius 3 is 2.56 bits per heavy atom. The summed E-state index contributed by atoms with van der Waals surface area (Å²) in [6.07, 6.45) is 1.50. The number of anilines is 1. The van der Waals surface area contributed by atoms with Crippen molar-refractivity contribution in [1.29, 1.82) is 0 Å². The number of ether oxygens (including phenoxy) is 1. The molecule has 0 saturated carbocycles. The number of nitrogens with zero attached hydrogens (tertiary/aromatic N) is 2. The van der Waals surface area contributed by atoms with Crippen molar-refractivity contribution >= 4 is 11.6 Å². The van der Waals surface area contributed by atoms with E-state index in [4.69, 9.17) is 4.74 Å². The maximum absolute atomic E-state index is 13.1. The Labute approximate surface area is 145 Å². The molecule has 3 rings (SSSR count). The van der Waals surface area contributed by atoms with Gasteiger partial charge in [0.15, 0.2) is 0 Å². The third kappa shape index (κ3) is 3.38. The number of methoxy groups -OCH3 is 1. The molecule has 0 saturated heterocycles. The van der Waals surface area contributed by atoms with Gasteiger partial charge >= 0.3 is 0 Å². The van der Waals surface area contributed by atoms with Crippen LogP contribution in [-0.4, -0.2) is 22.8 Å². The lowest BCUT2D eigenvalue weighted by Gasteiger charge is -2.11. The van der Waals surface area contributed by atoms with Crippen molar-refractivity contribution in [3.8, 4) is 11.4 Å². The van der Waals surface area contributed by atoms with E-state index < -0.39 is 0 Å². The van der Waals surface area contributed by atoms with Crippen LogP contribution >= 0.6 is 0 Å². The highest BCUT2D eigenvalue weighted by atomic mass is 19.1. The molecule has 3 aromatic rings. The molecule has 0 fully saturated rings. The number of hydrogen-bond donors (Lipinski definition) is 1. The molecule has 0 unspecified atom stereocenters. The van der Waals surface area contributed by atoms with Crippen LogP contribution in [0.2, 0.25) is 0 Å². The smallest absolute Gasteiger partial charge is 0.259 e. The first-order valence-corrected chi connectivity index (χ1v) is 7.76. The van der Waals surface area contributed by atoms with Gasteiger partial charge in [-0.05, 0) is 55.8 Å². The molecule has 1 amide bonds. The Kier molecular flexibility index (Phi) is 4.52. The van der Waals surface area contributed by atoms with Gasteiger partial charge in [0.25, 0.3) is 5.91 Å². The van der Waals surface area contributed by atoms with E-state index in [2.05, 4.69) is 10.4 Å². The number of nitrogens with one attached hydrogen (secondary N) is 1. The molecule has 0 atom stereocenters. The highest BCUT2D eigenvalue weighted by molar-refractivity contribution is 6.05. The first-order chi connectivity index (χ1) is 12.0. The number of benzene rings is 2. The van der Waals surface area contributed by atoms with Gasteiger partial charge in [0, 0.05) is 0 Å². The minimum atomic E-state index is -0.321. The highest BCUT2D eigenvalue weighted by Gasteiger charge is 2.17. The standard InChI is InChI=1S/C19H18FN3O2/c1-12-4-9-18(25-3)17(10-12)22-19(24)16-11-21-23(13(16)2)15-7-5-14(20)6-8-15/h4-11H,1-3H3,(H,22,24). The predicted octanol–water partition coefficient (Wildman–Crippen LogP) is 3.89. The lowest BCUT2D eigenvalue weighted by Crippen LogP contribution is -2.14. The van der Waals surface area contributed by atoms with Crippen LogP contribution in [0.5, 0.6) is 5.75 Å². The molecule has 0 aliphatic rings. The summed E-state index contributed by atoms with van der Waals surface area (Å²) in [6, 6.07) is 11.5. The molecule has 128 valence electrons. The molecule has 1 N–H and O–H groups in total. The number of halogens is 1. The molecule has 6 heteroatoms. The fourth-order valence-corrected chi connectivity index (χ4v) is 2.58. The Morgan fingerprint density at radius 2 is 1.88 bits per heavy atom. The molecule has 2 aromatic carbocycles. The zero-order valence-electron chi connectivity index (χ0n) is 14.2. The zero-order chi connectivity index (χ0) is 18.0. The number of hydrogen-bond acceptors (Lipinski definition) is 3. The van der Waals surface area contributed by atoms with Crippen molar-refractivity contribution in [2.75, 3.05) is 12.4 Å². The first kappa shape index (κ1) is 16.7. The lowest BCUT2D eigenvalue weighted by molar-refractivity contribution is 0.102. The van der Waals surface area contributed by atoms with Gasteiger partial charge in [-0.1, -0.05) is 6.07 Å². The summed E-state index contributed by atoms with van der Waals surface area (Å²) in [7, 11) is 1.55. The average molecular weight is 339 g/mol. The highest BCUT2D eigenvalue weighted by Crippen LogP contribution is 2.26. The Hall–Kier alpha value is -3.15. The average Bonchev–Trinajstić information content (AvgIpc) is 2.97. The van der Waals surface area contributed by atoms with Gasteiger partial charge in [-0.25, -0.2) is 9.07 Å². The van der Waals surface area contributed by atoms with Crippen LogP contribution in [0.25, 0.3) is 5.69 Å². The van der Waals surface area contributed by atoms with E-state index >= 15 is 0 Å². The second kappa shape index (κ2) is 6.76. The SMILES string of the molecule is COc1ccc(C)cc1NC(=O)c1cnn(-c2ccc(F)cc2)c1C. The predicted molar refractivity (Wildman–Crippen MR) is 93.9 cm³/mol. The van der Waals surface area contributed by atoms with Gasteiger partial charge in [-0.15, -0.1) is 0 Å². The van der Waals surface area contributed by atoms with Gasteiger partial charge in [0.05, 0.1) is 35.9 Å². The monoisotopic (exact) mass is 339 g/mol. The summed E-state index contributed by atoms with van der Waals surface area (Å²) >= 11 is 0. The van der Waals surface area contributed by atoms with Crippen molar-refractivity contribution in [1.82, 2.24) is 9.78 Å². The van der Waals surface area contributed by atoms with E-state index in [9.17, 15) is 9.18 Å². The van der Waals surface area contributed by atoms with Gasteiger partial charge in [-0.2, -0.15) is 5.10 Å². The van der Waals surface area contributed by atoms with Crippen LogP contribution in [0.15, 0.2) is 48.7 Å². The Morgan fingerprint density at radius 1 is 1.16 bits per heavy atom. The minimum absolute atomic E-state index is 0.283. The molecular weight excluding hydrogens is 321 g/mol. The van der Waals surface area contributed by atoms with Gasteiger partial charge in [0.1, 0.15) is 11.6 Å². The van der Waals surface area contributed by atoms with Crippen molar-refractivity contribution in [2.45, 2.75) is 13.8 Å². The summed E-state index contributed by atoms with van der Waals surface area (Å²) in [5.74, 6) is -0.0182. The zero-order valence-corrected chi connectivity index (χ0v) is 14.2. The van der Waals surface area contributed by atoms with Crippen molar-refractivity contribution in [3.63, 3.8) is 0 Å². The van der Waals surface area contributed by atoms with Crippen molar-refractivity contribution in [2.24, 2.45) is 0 Å². The quantitative estimate of drug-likeness (QED) is 0.784. The molecule has 1 heterocycles. The Balaban J connectivity index is 1.89. The molecular formula is C19H18FN3O2. The minimum Gasteiger partial charge on any atom is -0.495 e. The second-order valence-electron chi connectivity index (χ2n) is 5.69. The second-order valence-corrected chi connectivity index (χ2v) is 5.69. The summed E-state index contributed by atoms with van der Waals surface area (Å²) in [6.45, 7) is 3.73. The molecule has 0 aliphatic carbocycles. The van der Waals surface area contributed by atoms with Crippen LogP contribution < -0.4 is 10.1 Å². The third-order valence-electron chi connectivity index (χ3n) is 3.93. The number of carbonyl (C=O) groups is 1. The molecule has 0 aliphatic heterocycles. The van der Waals surface area contributed by atoms with Crippen molar-refractivity contribution in [3.05, 3.63) is 71.3 Å². The number of carbonyl (C=O) groups excluding carboxylic acids is 1. The lowest BCUT2D eigenvalue weighted by atomic mass is 10.2. The van der Waals surface area contributed by atoms with E-state index in [1.807, 2.05) is 19.1 Å². The van der Waals surface area contributed by atoms with Gasteiger partial charge in [-0.3, -0.25) is 4.79 Å². The van der Waals surface area contributed by atoms with Gasteiger partial charge < -0.3 is 10.1 Å². The normalized spacial score (nSPS) is 10.6. The Bertz CT molecular complexity index is 917. The van der Waals surface area contributed by atoms with E-state index in [-0.39, 0.29) is 11.7 Å². The maximum atomic E-state index is 13.1. The fourth-order valence-electron chi connectivity index (χ4n) is 2.58. The molecule has 0 radical (unpaired) electrons. The summed E-state index contributed by atoms with van der Waals surface area (Å²) in [5.41, 5.74) is 3.39. The molecule has 1 aromatic heterocycles. The van der Waals surface area contributed by atoms with Crippen LogP contribution in [0, 0.1) is 19.7 Å². The van der Waals surface area contributed by atoms with E-state index in [1.165, 1.54) is 18.3 Å². The summed E-state index contributed by atoms with van der Waals surface area (Å²) in [4.78, 5) is 12.6. The largest absolute Gasteiger partial charge is 0.495 e. The van der Waals surface area contributed by atoms with Crippen LogP contribution in [0.4, 0.5) is 10.1 Å². The van der Waals surface area contributed by atoms with Crippen LogP contribution in [0.1, 0.15) is 21.6 Å². The third-order valence-corrected chi connectivity index (χ3v) is 3.93. The van der Waals surface area contributed by atoms with E-state index in [1.54, 1.807) is 36.9 Å². The van der Waals surface area contributed by atoms with E-state index in [0.29, 0.717) is 28.4 Å². The number of amides is 1. The van der Waals surface area contributed by atoms with Gasteiger partial charge in [0.2, 0.25) is 0 Å². The number of rotatable bonds is 4. The van der Waals surface area contributed by atoms with Crippen LogP contribution in [0.3, 0.4) is 0 Å². The molecule has 0 spiro atoms. The summed E-state index contributed by atoms with van der Waals surface area (Å²) < 4.78 is 20.0. The molecule has 0 bridgehead atoms.